The maximum absolute atomic E-state index is 13.3. The quantitative estimate of drug-likeness (QED) is 0.544. The first-order chi connectivity index (χ1) is 10.1. The van der Waals surface area contributed by atoms with Crippen LogP contribution < -0.4 is 4.74 Å². The molecule has 4 nitrogen and oxygen atoms in total. The number of carbonyl (C=O) groups excluding carboxylic acids is 1. The molecule has 0 fully saturated rings. The first-order valence-corrected chi connectivity index (χ1v) is 7.07. The molecule has 0 N–H and O–H groups in total. The van der Waals surface area contributed by atoms with E-state index < -0.39 is 5.82 Å². The summed E-state index contributed by atoms with van der Waals surface area (Å²) in [7, 11) is 0. The molecule has 1 unspecified atom stereocenters. The zero-order valence-electron chi connectivity index (χ0n) is 12.4. The number of nitriles is 1. The van der Waals surface area contributed by atoms with Crippen LogP contribution in [0, 0.1) is 23.1 Å². The Labute approximate surface area is 124 Å². The number of halogens is 1. The molecule has 1 rings (SSSR count). The second-order valence-corrected chi connectivity index (χ2v) is 4.79. The first-order valence-electron chi connectivity index (χ1n) is 7.07. The predicted molar refractivity (Wildman–Crippen MR) is 76.3 cm³/mol. The number of hydrogen-bond acceptors (Lipinski definition) is 4. The number of benzene rings is 1. The Kier molecular flexibility index (Phi) is 7.24. The Morgan fingerprint density at radius 1 is 1.38 bits per heavy atom. The van der Waals surface area contributed by atoms with Crippen molar-refractivity contribution in [1.82, 2.24) is 0 Å². The SMILES string of the molecule is CCC(C)C(=O)OCCCCOc1ccc(C#N)c(F)c1. The summed E-state index contributed by atoms with van der Waals surface area (Å²) in [5, 5.41) is 8.61. The highest BCUT2D eigenvalue weighted by molar-refractivity contribution is 5.71. The van der Waals surface area contributed by atoms with E-state index in [9.17, 15) is 9.18 Å². The average Bonchev–Trinajstić information content (AvgIpc) is 2.49. The van der Waals surface area contributed by atoms with Crippen molar-refractivity contribution in [2.45, 2.75) is 33.1 Å². The van der Waals surface area contributed by atoms with Crippen molar-refractivity contribution in [2.75, 3.05) is 13.2 Å². The van der Waals surface area contributed by atoms with Crippen LogP contribution in [-0.4, -0.2) is 19.2 Å². The lowest BCUT2D eigenvalue weighted by Crippen LogP contribution is -2.14. The number of rotatable bonds is 8. The second kappa shape index (κ2) is 8.96. The summed E-state index contributed by atoms with van der Waals surface area (Å²) in [6, 6.07) is 5.90. The monoisotopic (exact) mass is 293 g/mol. The van der Waals surface area contributed by atoms with Gasteiger partial charge in [-0.25, -0.2) is 4.39 Å². The minimum atomic E-state index is -0.586. The van der Waals surface area contributed by atoms with Crippen molar-refractivity contribution in [3.63, 3.8) is 0 Å². The first kappa shape index (κ1) is 17.0. The van der Waals surface area contributed by atoms with Gasteiger partial charge in [0.15, 0.2) is 0 Å². The van der Waals surface area contributed by atoms with Crippen LogP contribution in [0.1, 0.15) is 38.7 Å². The second-order valence-electron chi connectivity index (χ2n) is 4.79. The topological polar surface area (TPSA) is 59.3 Å². The molecule has 0 aromatic heterocycles. The summed E-state index contributed by atoms with van der Waals surface area (Å²) in [6.07, 6.45) is 2.17. The summed E-state index contributed by atoms with van der Waals surface area (Å²) in [4.78, 5) is 11.4. The molecule has 0 spiro atoms. The van der Waals surface area contributed by atoms with Gasteiger partial charge in [0.25, 0.3) is 0 Å². The van der Waals surface area contributed by atoms with Crippen LogP contribution in [-0.2, 0) is 9.53 Å². The van der Waals surface area contributed by atoms with E-state index in [-0.39, 0.29) is 17.5 Å². The van der Waals surface area contributed by atoms with Crippen LogP contribution >= 0.6 is 0 Å². The molecule has 0 aliphatic carbocycles. The third-order valence-electron chi connectivity index (χ3n) is 3.13. The molecule has 0 bridgehead atoms. The summed E-state index contributed by atoms with van der Waals surface area (Å²) < 4.78 is 23.8. The van der Waals surface area contributed by atoms with Crippen molar-refractivity contribution in [1.29, 1.82) is 5.26 Å². The number of hydrogen-bond donors (Lipinski definition) is 0. The number of ether oxygens (including phenoxy) is 2. The van der Waals surface area contributed by atoms with Gasteiger partial charge in [-0.3, -0.25) is 4.79 Å². The van der Waals surface area contributed by atoms with E-state index in [4.69, 9.17) is 14.7 Å². The van der Waals surface area contributed by atoms with Gasteiger partial charge in [0, 0.05) is 6.07 Å². The highest BCUT2D eigenvalue weighted by atomic mass is 19.1. The molecule has 1 aromatic carbocycles. The molecule has 114 valence electrons. The van der Waals surface area contributed by atoms with E-state index in [1.54, 1.807) is 12.1 Å². The van der Waals surface area contributed by atoms with Gasteiger partial charge in [0.1, 0.15) is 17.6 Å². The van der Waals surface area contributed by atoms with Crippen molar-refractivity contribution in [2.24, 2.45) is 5.92 Å². The minimum Gasteiger partial charge on any atom is -0.493 e. The Bertz CT molecular complexity index is 511. The fourth-order valence-corrected chi connectivity index (χ4v) is 1.55. The number of carbonyl (C=O) groups is 1. The molecule has 21 heavy (non-hydrogen) atoms. The highest BCUT2D eigenvalue weighted by Crippen LogP contribution is 2.16. The smallest absolute Gasteiger partial charge is 0.308 e. The van der Waals surface area contributed by atoms with Crippen molar-refractivity contribution in [3.05, 3.63) is 29.6 Å². The zero-order valence-corrected chi connectivity index (χ0v) is 12.4. The lowest BCUT2D eigenvalue weighted by Gasteiger charge is -2.09. The van der Waals surface area contributed by atoms with Gasteiger partial charge in [-0.1, -0.05) is 13.8 Å². The molecule has 0 aliphatic heterocycles. The average molecular weight is 293 g/mol. The van der Waals surface area contributed by atoms with Gasteiger partial charge in [0.2, 0.25) is 0 Å². The summed E-state index contributed by atoms with van der Waals surface area (Å²) in [5.74, 6) is -0.434. The zero-order chi connectivity index (χ0) is 15.7. The largest absolute Gasteiger partial charge is 0.493 e. The van der Waals surface area contributed by atoms with E-state index in [0.717, 1.165) is 6.42 Å². The Morgan fingerprint density at radius 2 is 2.10 bits per heavy atom. The standard InChI is InChI=1S/C16H20FNO3/c1-3-12(2)16(19)21-9-5-4-8-20-14-7-6-13(11-18)15(17)10-14/h6-7,10,12H,3-5,8-9H2,1-2H3. The molecule has 0 aliphatic rings. The van der Waals surface area contributed by atoms with E-state index in [1.165, 1.54) is 12.1 Å². The normalized spacial score (nSPS) is 11.5. The van der Waals surface area contributed by atoms with Crippen LogP contribution in [0.3, 0.4) is 0 Å². The van der Waals surface area contributed by atoms with E-state index in [2.05, 4.69) is 0 Å². The Morgan fingerprint density at radius 3 is 2.71 bits per heavy atom. The van der Waals surface area contributed by atoms with Gasteiger partial charge < -0.3 is 9.47 Å². The maximum atomic E-state index is 13.3. The number of esters is 1. The molecule has 0 heterocycles. The maximum Gasteiger partial charge on any atom is 0.308 e. The summed E-state index contributed by atoms with van der Waals surface area (Å²) >= 11 is 0. The fourth-order valence-electron chi connectivity index (χ4n) is 1.55. The highest BCUT2D eigenvalue weighted by Gasteiger charge is 2.11. The Balaban J connectivity index is 2.19. The van der Waals surface area contributed by atoms with Gasteiger partial charge in [0.05, 0.1) is 24.7 Å². The molecule has 0 saturated carbocycles. The number of unbranched alkanes of at least 4 members (excludes halogenated alkanes) is 1. The molecule has 0 amide bonds. The molecule has 5 heteroatoms. The van der Waals surface area contributed by atoms with Gasteiger partial charge in [-0.2, -0.15) is 5.26 Å². The van der Waals surface area contributed by atoms with E-state index in [1.807, 2.05) is 13.8 Å². The van der Waals surface area contributed by atoms with Crippen LogP contribution in [0.25, 0.3) is 0 Å². The van der Waals surface area contributed by atoms with Crippen LogP contribution in [0.4, 0.5) is 4.39 Å². The fraction of sp³-hybridized carbons (Fsp3) is 0.500. The molecular formula is C16H20FNO3. The van der Waals surface area contributed by atoms with Crippen molar-refractivity contribution < 1.29 is 18.7 Å². The lowest BCUT2D eigenvalue weighted by atomic mass is 10.1. The molecular weight excluding hydrogens is 273 g/mol. The van der Waals surface area contributed by atoms with Crippen molar-refractivity contribution >= 4 is 5.97 Å². The minimum absolute atomic E-state index is 0.000642. The molecule has 1 aromatic rings. The third kappa shape index (κ3) is 5.82. The van der Waals surface area contributed by atoms with Crippen LogP contribution in [0.5, 0.6) is 5.75 Å². The van der Waals surface area contributed by atoms with E-state index >= 15 is 0 Å². The summed E-state index contributed by atoms with van der Waals surface area (Å²) in [6.45, 7) is 4.56. The van der Waals surface area contributed by atoms with Crippen molar-refractivity contribution in [3.8, 4) is 11.8 Å². The van der Waals surface area contributed by atoms with Crippen LogP contribution in [0.15, 0.2) is 18.2 Å². The molecule has 0 radical (unpaired) electrons. The van der Waals surface area contributed by atoms with Gasteiger partial charge in [-0.05, 0) is 31.4 Å². The van der Waals surface area contributed by atoms with Gasteiger partial charge >= 0.3 is 5.97 Å². The van der Waals surface area contributed by atoms with Gasteiger partial charge in [-0.15, -0.1) is 0 Å². The predicted octanol–water partition coefficient (Wildman–Crippen LogP) is 3.45. The van der Waals surface area contributed by atoms with E-state index in [0.29, 0.717) is 31.8 Å². The third-order valence-corrected chi connectivity index (χ3v) is 3.13. The lowest BCUT2D eigenvalue weighted by molar-refractivity contribution is -0.148. The number of nitrogens with zero attached hydrogens (tertiary/aromatic N) is 1. The molecule has 0 saturated heterocycles. The molecule has 1 atom stereocenters. The summed E-state index contributed by atoms with van der Waals surface area (Å²) in [5.41, 5.74) is -0.000642. The Hall–Kier alpha value is -2.09. The van der Waals surface area contributed by atoms with Crippen LogP contribution in [0.2, 0.25) is 0 Å².